The number of methoxy groups -OCH3 is 1. The molecule has 0 N–H and O–H groups in total. The fourth-order valence-corrected chi connectivity index (χ4v) is 3.21. The lowest BCUT2D eigenvalue weighted by atomic mass is 10.0. The Hall–Kier alpha value is -3.35. The normalized spacial score (nSPS) is 13.9. The van der Waals surface area contributed by atoms with Crippen LogP contribution in [0.2, 0.25) is 0 Å². The van der Waals surface area contributed by atoms with Crippen LogP contribution in [0.15, 0.2) is 54.7 Å². The van der Waals surface area contributed by atoms with Crippen molar-refractivity contribution in [2.45, 2.75) is 19.6 Å². The summed E-state index contributed by atoms with van der Waals surface area (Å²) in [5, 5.41) is 8.35. The summed E-state index contributed by atoms with van der Waals surface area (Å²) in [6.45, 7) is 3.53. The smallest absolute Gasteiger partial charge is 0.254 e. The van der Waals surface area contributed by atoms with Crippen molar-refractivity contribution in [3.8, 4) is 11.5 Å². The van der Waals surface area contributed by atoms with Crippen LogP contribution in [0.1, 0.15) is 27.7 Å². The molecule has 144 valence electrons. The zero-order valence-corrected chi connectivity index (χ0v) is 15.9. The number of likely N-dealkylation sites (tertiary alicyclic amines) is 1. The summed E-state index contributed by atoms with van der Waals surface area (Å²) in [5.41, 5.74) is 2.39. The third kappa shape index (κ3) is 3.69. The van der Waals surface area contributed by atoms with Gasteiger partial charge in [0.25, 0.3) is 5.91 Å². The number of amides is 1. The van der Waals surface area contributed by atoms with Gasteiger partial charge in [-0.25, -0.2) is 4.68 Å². The monoisotopic (exact) mass is 378 g/mol. The Kier molecular flexibility index (Phi) is 4.97. The molecule has 0 spiro atoms. The number of nitrogens with zero attached hydrogens (tertiary/aromatic N) is 4. The number of aromatic nitrogens is 3. The predicted molar refractivity (Wildman–Crippen MR) is 103 cm³/mol. The van der Waals surface area contributed by atoms with Crippen molar-refractivity contribution in [3.63, 3.8) is 0 Å². The molecular formula is C21H22N4O3. The van der Waals surface area contributed by atoms with E-state index >= 15 is 0 Å². The Morgan fingerprint density at radius 1 is 1.18 bits per heavy atom. The minimum Gasteiger partial charge on any atom is -0.496 e. The van der Waals surface area contributed by atoms with Gasteiger partial charge >= 0.3 is 0 Å². The van der Waals surface area contributed by atoms with Crippen molar-refractivity contribution in [1.29, 1.82) is 0 Å². The third-order valence-corrected chi connectivity index (χ3v) is 4.85. The molecule has 4 rings (SSSR count). The molecule has 0 radical (unpaired) electrons. The van der Waals surface area contributed by atoms with Crippen LogP contribution in [0.5, 0.6) is 11.5 Å². The van der Waals surface area contributed by atoms with Gasteiger partial charge in [-0.1, -0.05) is 23.4 Å². The third-order valence-electron chi connectivity index (χ3n) is 4.85. The van der Waals surface area contributed by atoms with Gasteiger partial charge in [0.15, 0.2) is 0 Å². The molecule has 7 heteroatoms. The Morgan fingerprint density at radius 2 is 1.96 bits per heavy atom. The number of aryl methyl sites for hydroxylation is 1. The highest BCUT2D eigenvalue weighted by atomic mass is 16.5. The average Bonchev–Trinajstić information content (AvgIpc) is 3.14. The molecule has 0 aliphatic carbocycles. The number of hydrogen-bond donors (Lipinski definition) is 0. The molecule has 1 fully saturated rings. The molecule has 28 heavy (non-hydrogen) atoms. The van der Waals surface area contributed by atoms with E-state index in [9.17, 15) is 4.79 Å². The van der Waals surface area contributed by atoms with E-state index in [2.05, 4.69) is 10.3 Å². The summed E-state index contributed by atoms with van der Waals surface area (Å²) in [4.78, 5) is 14.5. The van der Waals surface area contributed by atoms with Gasteiger partial charge in [-0.05, 0) is 42.8 Å². The maximum absolute atomic E-state index is 12.6. The average molecular weight is 378 g/mol. The second-order valence-corrected chi connectivity index (χ2v) is 6.84. The SMILES string of the molecule is COc1ccc(C(=O)N2CC(n3cc(COc4ccccc4)nn3)C2)cc1C. The highest BCUT2D eigenvalue weighted by Crippen LogP contribution is 2.25. The summed E-state index contributed by atoms with van der Waals surface area (Å²) < 4.78 is 12.8. The van der Waals surface area contributed by atoms with E-state index in [-0.39, 0.29) is 11.9 Å². The lowest BCUT2D eigenvalue weighted by Crippen LogP contribution is -2.50. The fourth-order valence-electron chi connectivity index (χ4n) is 3.21. The quantitative estimate of drug-likeness (QED) is 0.660. The van der Waals surface area contributed by atoms with E-state index in [1.54, 1.807) is 13.2 Å². The van der Waals surface area contributed by atoms with Gasteiger partial charge in [0.05, 0.1) is 19.3 Å². The number of rotatable bonds is 6. The Bertz CT molecular complexity index is 965. The minimum atomic E-state index is 0.0229. The molecule has 2 heterocycles. The van der Waals surface area contributed by atoms with Crippen molar-refractivity contribution in [3.05, 3.63) is 71.5 Å². The van der Waals surface area contributed by atoms with Gasteiger partial charge in [0, 0.05) is 18.7 Å². The van der Waals surface area contributed by atoms with Crippen molar-refractivity contribution in [2.24, 2.45) is 0 Å². The first-order chi connectivity index (χ1) is 13.6. The van der Waals surface area contributed by atoms with Gasteiger partial charge in [0.1, 0.15) is 23.8 Å². The van der Waals surface area contributed by atoms with E-state index in [4.69, 9.17) is 9.47 Å². The first-order valence-electron chi connectivity index (χ1n) is 9.16. The van der Waals surface area contributed by atoms with Gasteiger partial charge in [-0.15, -0.1) is 5.10 Å². The Labute approximate surface area is 163 Å². The first kappa shape index (κ1) is 18.0. The lowest BCUT2D eigenvalue weighted by Gasteiger charge is -2.38. The number of carbonyl (C=O) groups excluding carboxylic acids is 1. The molecule has 1 aliphatic rings. The van der Waals surface area contributed by atoms with E-state index in [0.29, 0.717) is 25.3 Å². The van der Waals surface area contributed by atoms with Gasteiger partial charge in [0.2, 0.25) is 0 Å². The topological polar surface area (TPSA) is 69.5 Å². The molecule has 7 nitrogen and oxygen atoms in total. The van der Waals surface area contributed by atoms with Gasteiger partial charge < -0.3 is 14.4 Å². The first-order valence-corrected chi connectivity index (χ1v) is 9.16. The van der Waals surface area contributed by atoms with E-state index < -0.39 is 0 Å². The van der Waals surface area contributed by atoms with Crippen LogP contribution in [0, 0.1) is 6.92 Å². The predicted octanol–water partition coefficient (Wildman–Crippen LogP) is 2.87. The molecule has 0 bridgehead atoms. The largest absolute Gasteiger partial charge is 0.496 e. The Morgan fingerprint density at radius 3 is 2.68 bits per heavy atom. The summed E-state index contributed by atoms with van der Waals surface area (Å²) in [6, 6.07) is 15.2. The maximum Gasteiger partial charge on any atom is 0.254 e. The lowest BCUT2D eigenvalue weighted by molar-refractivity contribution is 0.0498. The van der Waals surface area contributed by atoms with E-state index in [0.717, 1.165) is 22.8 Å². The van der Waals surface area contributed by atoms with Crippen LogP contribution in [-0.4, -0.2) is 46.0 Å². The number of hydrogen-bond acceptors (Lipinski definition) is 5. The second kappa shape index (κ2) is 7.72. The van der Waals surface area contributed by atoms with Crippen LogP contribution in [0.4, 0.5) is 0 Å². The highest BCUT2D eigenvalue weighted by Gasteiger charge is 2.33. The van der Waals surface area contributed by atoms with Gasteiger partial charge in [-0.3, -0.25) is 4.79 Å². The standard InChI is InChI=1S/C21H22N4O3/c1-15-10-16(8-9-20(15)27-2)21(26)24-12-18(13-24)25-11-17(22-23-25)14-28-19-6-4-3-5-7-19/h3-11,18H,12-14H2,1-2H3. The molecule has 1 aliphatic heterocycles. The second-order valence-electron chi connectivity index (χ2n) is 6.84. The molecule has 2 aromatic carbocycles. The van der Waals surface area contributed by atoms with Crippen LogP contribution < -0.4 is 9.47 Å². The minimum absolute atomic E-state index is 0.0229. The zero-order valence-electron chi connectivity index (χ0n) is 15.9. The summed E-state index contributed by atoms with van der Waals surface area (Å²) in [5.74, 6) is 1.60. The molecule has 0 atom stereocenters. The zero-order chi connectivity index (χ0) is 19.5. The number of para-hydroxylation sites is 1. The van der Waals surface area contributed by atoms with Crippen LogP contribution in [0.25, 0.3) is 0 Å². The van der Waals surface area contributed by atoms with Crippen LogP contribution in [0.3, 0.4) is 0 Å². The summed E-state index contributed by atoms with van der Waals surface area (Å²) in [6.07, 6.45) is 1.88. The van der Waals surface area contributed by atoms with E-state index in [1.807, 2.05) is 65.2 Å². The fraction of sp³-hybridized carbons (Fsp3) is 0.286. The molecule has 1 saturated heterocycles. The van der Waals surface area contributed by atoms with Crippen molar-refractivity contribution in [1.82, 2.24) is 19.9 Å². The molecule has 3 aromatic rings. The summed E-state index contributed by atoms with van der Waals surface area (Å²) >= 11 is 0. The molecule has 0 saturated carbocycles. The number of carbonyl (C=O) groups is 1. The van der Waals surface area contributed by atoms with Crippen LogP contribution in [-0.2, 0) is 6.61 Å². The molecule has 1 amide bonds. The van der Waals surface area contributed by atoms with Crippen molar-refractivity contribution in [2.75, 3.05) is 20.2 Å². The Balaban J connectivity index is 1.32. The summed E-state index contributed by atoms with van der Waals surface area (Å²) in [7, 11) is 1.63. The van der Waals surface area contributed by atoms with Crippen molar-refractivity contribution < 1.29 is 14.3 Å². The van der Waals surface area contributed by atoms with Crippen molar-refractivity contribution >= 4 is 5.91 Å². The highest BCUT2D eigenvalue weighted by molar-refractivity contribution is 5.95. The van der Waals surface area contributed by atoms with E-state index in [1.165, 1.54) is 0 Å². The van der Waals surface area contributed by atoms with Gasteiger partial charge in [-0.2, -0.15) is 0 Å². The maximum atomic E-state index is 12.6. The number of benzene rings is 2. The molecule has 1 aromatic heterocycles. The van der Waals surface area contributed by atoms with Crippen LogP contribution >= 0.6 is 0 Å². The number of ether oxygens (including phenoxy) is 2. The molecule has 0 unspecified atom stereocenters. The molecular weight excluding hydrogens is 356 g/mol.